The molecule has 1 N–H and O–H groups in total. The van der Waals surface area contributed by atoms with Crippen molar-refractivity contribution >= 4 is 0 Å². The van der Waals surface area contributed by atoms with Crippen LogP contribution in [0.1, 0.15) is 19.9 Å². The molecule has 0 amide bonds. The summed E-state index contributed by atoms with van der Waals surface area (Å²) in [6.07, 6.45) is 1.11. The Balaban J connectivity index is 0.00000121. The van der Waals surface area contributed by atoms with Crippen LogP contribution in [0.2, 0.25) is 0 Å². The lowest BCUT2D eigenvalue weighted by molar-refractivity contribution is 0.608. The maximum atomic E-state index is 3.21. The van der Waals surface area contributed by atoms with Gasteiger partial charge in [-0.15, -0.1) is 0 Å². The molecule has 0 aliphatic rings. The molecule has 1 atom stereocenters. The van der Waals surface area contributed by atoms with Crippen LogP contribution < -0.4 is 5.32 Å². The van der Waals surface area contributed by atoms with E-state index in [-0.39, 0.29) is 7.43 Å². The van der Waals surface area contributed by atoms with E-state index in [4.69, 9.17) is 0 Å². The molecule has 0 heterocycles. The average molecular weight is 165 g/mol. The smallest absolute Gasteiger partial charge is 0.00761 e. The first-order valence-corrected chi connectivity index (χ1v) is 4.04. The van der Waals surface area contributed by atoms with Gasteiger partial charge in [-0.1, -0.05) is 37.8 Å². The van der Waals surface area contributed by atoms with E-state index in [1.54, 1.807) is 0 Å². The second-order valence-corrected chi connectivity index (χ2v) is 2.88. The zero-order valence-corrected chi connectivity index (χ0v) is 7.17. The first kappa shape index (κ1) is 11.2. The summed E-state index contributed by atoms with van der Waals surface area (Å²) in [6, 6.07) is 11.1. The van der Waals surface area contributed by atoms with Crippen molar-refractivity contribution in [3.8, 4) is 0 Å². The Bertz CT molecular complexity index is 193. The topological polar surface area (TPSA) is 12.0 Å². The number of rotatable bonds is 3. The van der Waals surface area contributed by atoms with Crippen LogP contribution in [0, 0.1) is 0 Å². The van der Waals surface area contributed by atoms with Crippen molar-refractivity contribution in [2.75, 3.05) is 7.05 Å². The molecule has 12 heavy (non-hydrogen) atoms. The van der Waals surface area contributed by atoms with Gasteiger partial charge in [0.25, 0.3) is 0 Å². The highest BCUT2D eigenvalue weighted by Gasteiger charge is 1.97. The molecule has 0 radical (unpaired) electrons. The lowest BCUT2D eigenvalue weighted by atomic mass is 10.1. The summed E-state index contributed by atoms with van der Waals surface area (Å²) in [5.74, 6) is 0. The minimum absolute atomic E-state index is 0. The van der Waals surface area contributed by atoms with Crippen LogP contribution in [0.3, 0.4) is 0 Å². The van der Waals surface area contributed by atoms with Gasteiger partial charge in [-0.3, -0.25) is 0 Å². The van der Waals surface area contributed by atoms with Crippen molar-refractivity contribution in [1.82, 2.24) is 5.32 Å². The molecule has 0 spiro atoms. The van der Waals surface area contributed by atoms with Gasteiger partial charge < -0.3 is 5.32 Å². The van der Waals surface area contributed by atoms with Gasteiger partial charge in [0.2, 0.25) is 0 Å². The van der Waals surface area contributed by atoms with Crippen molar-refractivity contribution in [2.45, 2.75) is 26.8 Å². The van der Waals surface area contributed by atoms with Crippen molar-refractivity contribution in [1.29, 1.82) is 0 Å². The van der Waals surface area contributed by atoms with Crippen LogP contribution in [-0.4, -0.2) is 13.1 Å². The summed E-state index contributed by atoms with van der Waals surface area (Å²) in [4.78, 5) is 0. The molecule has 0 aromatic heterocycles. The molecule has 1 aromatic carbocycles. The van der Waals surface area contributed by atoms with Crippen molar-refractivity contribution in [3.05, 3.63) is 35.9 Å². The quantitative estimate of drug-likeness (QED) is 0.725. The molecule has 68 valence electrons. The standard InChI is InChI=1S/C10H15N.CH4/c1-9(11-2)8-10-6-4-3-5-7-10;/h3-7,9,11H,8H2,1-2H3;1H4/t9-;/m0./s1. The van der Waals surface area contributed by atoms with Gasteiger partial charge in [0, 0.05) is 6.04 Å². The highest BCUT2D eigenvalue weighted by atomic mass is 14.8. The van der Waals surface area contributed by atoms with Crippen LogP contribution in [0.25, 0.3) is 0 Å². The molecular formula is C11H19N. The summed E-state index contributed by atoms with van der Waals surface area (Å²) in [7, 11) is 1.99. The van der Waals surface area contributed by atoms with E-state index in [1.807, 2.05) is 13.1 Å². The molecule has 0 saturated carbocycles. The summed E-state index contributed by atoms with van der Waals surface area (Å²) in [6.45, 7) is 2.19. The van der Waals surface area contributed by atoms with Gasteiger partial charge in [0.1, 0.15) is 0 Å². The van der Waals surface area contributed by atoms with Crippen molar-refractivity contribution in [3.63, 3.8) is 0 Å². The lowest BCUT2D eigenvalue weighted by Gasteiger charge is -2.08. The summed E-state index contributed by atoms with van der Waals surface area (Å²) < 4.78 is 0. The maximum Gasteiger partial charge on any atom is 0.00761 e. The highest BCUT2D eigenvalue weighted by Crippen LogP contribution is 2.01. The normalized spacial score (nSPS) is 11.8. The molecule has 0 aliphatic carbocycles. The van der Waals surface area contributed by atoms with E-state index in [9.17, 15) is 0 Å². The number of nitrogens with one attached hydrogen (secondary N) is 1. The predicted octanol–water partition coefficient (Wildman–Crippen LogP) is 2.47. The van der Waals surface area contributed by atoms with E-state index in [1.165, 1.54) is 5.56 Å². The molecule has 1 rings (SSSR count). The zero-order valence-electron chi connectivity index (χ0n) is 7.17. The van der Waals surface area contributed by atoms with E-state index < -0.39 is 0 Å². The summed E-state index contributed by atoms with van der Waals surface area (Å²) in [5, 5.41) is 3.21. The van der Waals surface area contributed by atoms with Gasteiger partial charge >= 0.3 is 0 Å². The van der Waals surface area contributed by atoms with Gasteiger partial charge in [-0.2, -0.15) is 0 Å². The molecular weight excluding hydrogens is 146 g/mol. The number of hydrogen-bond donors (Lipinski definition) is 1. The molecule has 0 fully saturated rings. The third-order valence-corrected chi connectivity index (χ3v) is 1.88. The van der Waals surface area contributed by atoms with E-state index in [0.29, 0.717) is 6.04 Å². The zero-order chi connectivity index (χ0) is 8.10. The first-order chi connectivity index (χ1) is 5.33. The fraction of sp³-hybridized carbons (Fsp3) is 0.455. The molecule has 0 aliphatic heterocycles. The largest absolute Gasteiger partial charge is 0.317 e. The molecule has 1 nitrogen and oxygen atoms in total. The Hall–Kier alpha value is -0.820. The Morgan fingerprint density at radius 3 is 2.33 bits per heavy atom. The third-order valence-electron chi connectivity index (χ3n) is 1.88. The fourth-order valence-electron chi connectivity index (χ4n) is 1.07. The van der Waals surface area contributed by atoms with E-state index in [2.05, 4.69) is 36.5 Å². The number of hydrogen-bond acceptors (Lipinski definition) is 1. The minimum atomic E-state index is 0. The van der Waals surface area contributed by atoms with Crippen molar-refractivity contribution < 1.29 is 0 Å². The predicted molar refractivity (Wildman–Crippen MR) is 55.4 cm³/mol. The summed E-state index contributed by atoms with van der Waals surface area (Å²) in [5.41, 5.74) is 1.40. The van der Waals surface area contributed by atoms with Crippen LogP contribution >= 0.6 is 0 Å². The SMILES string of the molecule is C.CN[C@@H](C)Cc1ccccc1. The second-order valence-electron chi connectivity index (χ2n) is 2.88. The fourth-order valence-corrected chi connectivity index (χ4v) is 1.07. The van der Waals surface area contributed by atoms with Gasteiger partial charge in [-0.25, -0.2) is 0 Å². The monoisotopic (exact) mass is 165 g/mol. The van der Waals surface area contributed by atoms with Crippen LogP contribution in [0.15, 0.2) is 30.3 Å². The number of benzene rings is 1. The Morgan fingerprint density at radius 1 is 1.25 bits per heavy atom. The maximum absolute atomic E-state index is 3.21. The Morgan fingerprint density at radius 2 is 1.83 bits per heavy atom. The minimum Gasteiger partial charge on any atom is -0.317 e. The Labute approximate surface area is 75.8 Å². The molecule has 0 saturated heterocycles. The van der Waals surface area contributed by atoms with Crippen molar-refractivity contribution in [2.24, 2.45) is 0 Å². The van der Waals surface area contributed by atoms with Gasteiger partial charge in [-0.05, 0) is 26.0 Å². The van der Waals surface area contributed by atoms with E-state index in [0.717, 1.165) is 6.42 Å². The first-order valence-electron chi connectivity index (χ1n) is 4.04. The van der Waals surface area contributed by atoms with Crippen LogP contribution in [0.5, 0.6) is 0 Å². The third kappa shape index (κ3) is 3.54. The summed E-state index contributed by atoms with van der Waals surface area (Å²) >= 11 is 0. The molecule has 1 heteroatoms. The molecule has 1 aromatic rings. The van der Waals surface area contributed by atoms with Crippen LogP contribution in [-0.2, 0) is 6.42 Å². The average Bonchev–Trinajstić information content (AvgIpc) is 2.06. The number of likely N-dealkylation sites (N-methyl/N-ethyl adjacent to an activating group) is 1. The second kappa shape index (κ2) is 5.78. The van der Waals surface area contributed by atoms with E-state index >= 15 is 0 Å². The van der Waals surface area contributed by atoms with Gasteiger partial charge in [0.05, 0.1) is 0 Å². The lowest BCUT2D eigenvalue weighted by Crippen LogP contribution is -2.23. The molecule has 0 unspecified atom stereocenters. The van der Waals surface area contributed by atoms with Gasteiger partial charge in [0.15, 0.2) is 0 Å². The molecule has 0 bridgehead atoms. The Kier molecular flexibility index (Phi) is 5.39. The highest BCUT2D eigenvalue weighted by molar-refractivity contribution is 5.15. The van der Waals surface area contributed by atoms with Crippen LogP contribution in [0.4, 0.5) is 0 Å².